The van der Waals surface area contributed by atoms with Gasteiger partial charge in [-0.1, -0.05) is 11.6 Å². The molecule has 0 unspecified atom stereocenters. The smallest absolute Gasteiger partial charge is 0.276 e. The summed E-state index contributed by atoms with van der Waals surface area (Å²) in [5, 5.41) is 26.2. The van der Waals surface area contributed by atoms with Gasteiger partial charge in [-0.15, -0.1) is 0 Å². The van der Waals surface area contributed by atoms with Gasteiger partial charge in [0, 0.05) is 36.6 Å². The Kier molecular flexibility index (Phi) is 6.64. The maximum Gasteiger partial charge on any atom is 0.276 e. The number of aliphatic hydroxyl groups is 1. The van der Waals surface area contributed by atoms with Crippen LogP contribution < -0.4 is 10.2 Å². The summed E-state index contributed by atoms with van der Waals surface area (Å²) in [5.41, 5.74) is 0.859. The molecule has 3 atom stereocenters. The molecule has 2 fully saturated rings. The van der Waals surface area contributed by atoms with Crippen LogP contribution in [0.2, 0.25) is 5.02 Å². The first-order valence-electron chi connectivity index (χ1n) is 12.6. The molecule has 1 aromatic carbocycles. The lowest BCUT2D eigenvalue weighted by Crippen LogP contribution is -2.29. The molecule has 4 heterocycles. The van der Waals surface area contributed by atoms with E-state index in [-0.39, 0.29) is 51.7 Å². The molecule has 41 heavy (non-hydrogen) atoms. The van der Waals surface area contributed by atoms with Crippen molar-refractivity contribution in [3.05, 3.63) is 76.5 Å². The van der Waals surface area contributed by atoms with Gasteiger partial charge >= 0.3 is 0 Å². The molecule has 12 nitrogen and oxygen atoms in total. The van der Waals surface area contributed by atoms with E-state index >= 15 is 0 Å². The zero-order chi connectivity index (χ0) is 28.8. The molecule has 1 saturated heterocycles. The van der Waals surface area contributed by atoms with Crippen molar-refractivity contribution in [2.75, 3.05) is 23.4 Å². The molecule has 0 spiro atoms. The second-order valence-corrected chi connectivity index (χ2v) is 10.2. The zero-order valence-corrected chi connectivity index (χ0v) is 22.2. The van der Waals surface area contributed by atoms with Gasteiger partial charge < -0.3 is 10.4 Å². The first-order valence-corrected chi connectivity index (χ1v) is 13.0. The summed E-state index contributed by atoms with van der Waals surface area (Å²) < 4.78 is 16.2. The van der Waals surface area contributed by atoms with Crippen LogP contribution in [0.5, 0.6) is 0 Å². The third-order valence-electron chi connectivity index (χ3n) is 7.20. The predicted octanol–water partition coefficient (Wildman–Crippen LogP) is 2.92. The molecule has 1 aliphatic heterocycles. The third kappa shape index (κ3) is 4.77. The number of benzene rings is 1. The van der Waals surface area contributed by atoms with Crippen LogP contribution in [0.15, 0.2) is 43.1 Å². The lowest BCUT2D eigenvalue weighted by molar-refractivity contribution is -0.118. The number of nitriles is 1. The highest BCUT2D eigenvalue weighted by molar-refractivity contribution is 6.31. The number of carbonyl (C=O) groups is 2. The Morgan fingerprint density at radius 3 is 2.73 bits per heavy atom. The average molecular weight is 574 g/mol. The maximum atomic E-state index is 14.8. The van der Waals surface area contributed by atoms with Crippen molar-refractivity contribution in [1.29, 1.82) is 5.26 Å². The van der Waals surface area contributed by atoms with Gasteiger partial charge in [-0.05, 0) is 31.4 Å². The van der Waals surface area contributed by atoms with Crippen LogP contribution in [0.1, 0.15) is 39.8 Å². The highest BCUT2D eigenvalue weighted by Crippen LogP contribution is 2.46. The number of fused-ring (bicyclic) bond motifs is 1. The van der Waals surface area contributed by atoms with Gasteiger partial charge in [0.1, 0.15) is 11.7 Å². The molecule has 2 N–H and O–H groups in total. The fourth-order valence-electron chi connectivity index (χ4n) is 4.88. The summed E-state index contributed by atoms with van der Waals surface area (Å²) in [6.07, 6.45) is 8.17. The highest BCUT2D eigenvalue weighted by atomic mass is 35.5. The van der Waals surface area contributed by atoms with E-state index in [9.17, 15) is 24.3 Å². The molecule has 2 aliphatic rings. The van der Waals surface area contributed by atoms with E-state index in [4.69, 9.17) is 11.6 Å². The van der Waals surface area contributed by atoms with Crippen molar-refractivity contribution in [2.45, 2.75) is 19.4 Å². The van der Waals surface area contributed by atoms with Gasteiger partial charge in [0.2, 0.25) is 11.9 Å². The van der Waals surface area contributed by atoms with Crippen molar-refractivity contribution >= 4 is 35.1 Å². The number of nitrogens with one attached hydrogen (secondary N) is 1. The monoisotopic (exact) mass is 573 g/mol. The molecule has 0 radical (unpaired) electrons. The first-order chi connectivity index (χ1) is 19.8. The normalized spacial score (nSPS) is 18.1. The van der Waals surface area contributed by atoms with E-state index < -0.39 is 17.8 Å². The number of piperidine rings is 1. The summed E-state index contributed by atoms with van der Waals surface area (Å²) in [6, 6.07) is 3.87. The Hall–Kier alpha value is -4.80. The Labute approximate surface area is 237 Å². The summed E-state index contributed by atoms with van der Waals surface area (Å²) in [4.78, 5) is 44.1. The van der Waals surface area contributed by atoms with Crippen LogP contribution in [-0.2, 0) is 4.79 Å². The number of hydrogen-bond acceptors (Lipinski definition) is 9. The minimum absolute atomic E-state index is 0.00613. The summed E-state index contributed by atoms with van der Waals surface area (Å²) >= 11 is 5.91. The number of aliphatic hydroxyl groups excluding tert-OH is 1. The Bertz CT molecular complexity index is 1740. The molecule has 1 aliphatic carbocycles. The van der Waals surface area contributed by atoms with Crippen LogP contribution in [-0.4, -0.2) is 59.8 Å². The third-order valence-corrected chi connectivity index (χ3v) is 7.49. The van der Waals surface area contributed by atoms with Crippen molar-refractivity contribution in [3.8, 4) is 17.3 Å². The average Bonchev–Trinajstić information content (AvgIpc) is 3.49. The van der Waals surface area contributed by atoms with E-state index in [1.54, 1.807) is 11.8 Å². The number of amides is 2. The predicted molar refractivity (Wildman–Crippen MR) is 143 cm³/mol. The second-order valence-electron chi connectivity index (χ2n) is 9.81. The molecule has 3 aromatic heterocycles. The fourth-order valence-corrected chi connectivity index (χ4v) is 5.04. The number of aromatic nitrogens is 6. The fraction of sp³-hybridized carbons (Fsp3) is 0.259. The van der Waals surface area contributed by atoms with Crippen LogP contribution in [0, 0.1) is 35.9 Å². The largest absolute Gasteiger partial charge is 0.394 e. The van der Waals surface area contributed by atoms with E-state index in [1.807, 2.05) is 6.07 Å². The molecule has 0 bridgehead atoms. The van der Waals surface area contributed by atoms with Crippen molar-refractivity contribution < 1.29 is 19.1 Å². The summed E-state index contributed by atoms with van der Waals surface area (Å²) in [5.74, 6) is -0.631. The first kappa shape index (κ1) is 26.4. The number of anilines is 2. The number of carbonyl (C=O) groups excluding carboxylic acids is 2. The summed E-state index contributed by atoms with van der Waals surface area (Å²) in [6.45, 7) is 1.86. The topological polar surface area (TPSA) is 163 Å². The van der Waals surface area contributed by atoms with E-state index in [0.29, 0.717) is 29.7 Å². The number of halogens is 2. The number of rotatable bonds is 7. The van der Waals surface area contributed by atoms with Crippen LogP contribution >= 0.6 is 11.6 Å². The molecule has 4 aromatic rings. The zero-order valence-electron chi connectivity index (χ0n) is 21.5. The molecule has 6 rings (SSSR count). The van der Waals surface area contributed by atoms with Crippen molar-refractivity contribution in [2.24, 2.45) is 11.8 Å². The van der Waals surface area contributed by atoms with Gasteiger partial charge in [-0.3, -0.25) is 24.2 Å². The Balaban J connectivity index is 1.20. The molecule has 1 saturated carbocycles. The number of hydrogen-bond donors (Lipinski definition) is 2. The highest BCUT2D eigenvalue weighted by Gasteiger charge is 2.53. The van der Waals surface area contributed by atoms with Crippen LogP contribution in [0.3, 0.4) is 0 Å². The molecular formula is C27H21ClFN9O3. The molecular weight excluding hydrogens is 553 g/mol. The molecule has 14 heteroatoms. The number of aryl methyl sites for hydroxylation is 1. The lowest BCUT2D eigenvalue weighted by Gasteiger charge is -2.18. The Morgan fingerprint density at radius 2 is 2.05 bits per heavy atom. The van der Waals surface area contributed by atoms with Gasteiger partial charge in [0.05, 0.1) is 58.3 Å². The summed E-state index contributed by atoms with van der Waals surface area (Å²) in [7, 11) is 0. The minimum atomic E-state index is -0.841. The van der Waals surface area contributed by atoms with Crippen LogP contribution in [0.4, 0.5) is 16.0 Å². The van der Waals surface area contributed by atoms with Gasteiger partial charge in [-0.25, -0.2) is 19.3 Å². The quantitative estimate of drug-likeness (QED) is 0.338. The lowest BCUT2D eigenvalue weighted by atomic mass is 10.0. The maximum absolute atomic E-state index is 14.8. The molecule has 206 valence electrons. The standard InChI is InChI=1S/C27H21ClFN9O3/c1-13-24(36-20(9-31-13)22-14(5-30)2-3-19(28)23(22)29)25(40)35-17-8-34-38(11-17)21(12-39)16-6-32-27(33-7-16)37-10-15-4-18(15)26(37)41/h2-3,6-9,11,15,18,21,39H,4,10,12H2,1H3,(H,35,40)/t15-,18-,21+/m1/s1. The number of nitrogens with zero attached hydrogens (tertiary/aromatic N) is 8. The van der Waals surface area contributed by atoms with E-state index in [0.717, 1.165) is 6.42 Å². The van der Waals surface area contributed by atoms with E-state index in [2.05, 4.69) is 30.4 Å². The van der Waals surface area contributed by atoms with Gasteiger partial charge in [0.15, 0.2) is 5.82 Å². The van der Waals surface area contributed by atoms with E-state index in [1.165, 1.54) is 47.8 Å². The van der Waals surface area contributed by atoms with Crippen molar-refractivity contribution in [3.63, 3.8) is 0 Å². The SMILES string of the molecule is Cc1ncc(-c2c(C#N)ccc(Cl)c2F)nc1C(=O)Nc1cnn([C@@H](CO)c2cnc(N3C[C@H]4C[C@H]4C3=O)nc2)c1. The molecule has 2 amide bonds. The van der Waals surface area contributed by atoms with Crippen molar-refractivity contribution in [1.82, 2.24) is 29.7 Å². The second kappa shape index (κ2) is 10.3. The minimum Gasteiger partial charge on any atom is -0.394 e. The van der Waals surface area contributed by atoms with Gasteiger partial charge in [-0.2, -0.15) is 10.4 Å². The van der Waals surface area contributed by atoms with Gasteiger partial charge in [0.25, 0.3) is 5.91 Å². The van der Waals surface area contributed by atoms with Crippen LogP contribution in [0.25, 0.3) is 11.3 Å². The Morgan fingerprint density at radius 1 is 1.27 bits per heavy atom.